The Bertz CT molecular complexity index is 474. The summed E-state index contributed by atoms with van der Waals surface area (Å²) in [5.74, 6) is -0.821. The molecule has 1 fully saturated rings. The van der Waals surface area contributed by atoms with Crippen molar-refractivity contribution < 1.29 is 19.4 Å². The van der Waals surface area contributed by atoms with Gasteiger partial charge < -0.3 is 14.7 Å². The number of aliphatic carboxylic acids is 1. The SMILES string of the molecule is CC1CCC(C(=O)O)CN1C(=O)COc1ccccc1. The number of benzene rings is 1. The van der Waals surface area contributed by atoms with Gasteiger partial charge in [-0.05, 0) is 31.9 Å². The molecule has 108 valence electrons. The van der Waals surface area contributed by atoms with Crippen LogP contribution < -0.4 is 4.74 Å². The molecule has 1 aromatic carbocycles. The summed E-state index contributed by atoms with van der Waals surface area (Å²) in [7, 11) is 0. The molecule has 2 rings (SSSR count). The van der Waals surface area contributed by atoms with E-state index in [1.54, 1.807) is 17.0 Å². The van der Waals surface area contributed by atoms with Crippen molar-refractivity contribution >= 4 is 11.9 Å². The van der Waals surface area contributed by atoms with Gasteiger partial charge >= 0.3 is 5.97 Å². The highest BCUT2D eigenvalue weighted by atomic mass is 16.5. The quantitative estimate of drug-likeness (QED) is 0.911. The van der Waals surface area contributed by atoms with E-state index in [9.17, 15) is 9.59 Å². The number of likely N-dealkylation sites (tertiary alicyclic amines) is 1. The molecule has 1 heterocycles. The van der Waals surface area contributed by atoms with Gasteiger partial charge in [0.15, 0.2) is 6.61 Å². The number of hydrogen-bond donors (Lipinski definition) is 1. The van der Waals surface area contributed by atoms with E-state index < -0.39 is 11.9 Å². The summed E-state index contributed by atoms with van der Waals surface area (Å²) in [4.78, 5) is 24.8. The third-order valence-corrected chi connectivity index (χ3v) is 3.66. The van der Waals surface area contributed by atoms with E-state index in [1.165, 1.54) is 0 Å². The van der Waals surface area contributed by atoms with Crippen LogP contribution in [0.2, 0.25) is 0 Å². The van der Waals surface area contributed by atoms with Crippen LogP contribution in [0.1, 0.15) is 19.8 Å². The number of carbonyl (C=O) groups excluding carboxylic acids is 1. The highest BCUT2D eigenvalue weighted by Crippen LogP contribution is 2.22. The van der Waals surface area contributed by atoms with E-state index in [1.807, 2.05) is 25.1 Å². The Labute approximate surface area is 118 Å². The van der Waals surface area contributed by atoms with Crippen molar-refractivity contribution in [3.63, 3.8) is 0 Å². The average Bonchev–Trinajstić information content (AvgIpc) is 2.46. The fourth-order valence-corrected chi connectivity index (χ4v) is 2.40. The molecule has 0 saturated carbocycles. The number of nitrogens with zero attached hydrogens (tertiary/aromatic N) is 1. The maximum absolute atomic E-state index is 12.2. The molecule has 2 atom stereocenters. The van der Waals surface area contributed by atoms with Crippen molar-refractivity contribution in [1.29, 1.82) is 0 Å². The molecule has 1 saturated heterocycles. The highest BCUT2D eigenvalue weighted by Gasteiger charge is 2.32. The normalized spacial score (nSPS) is 22.4. The zero-order valence-corrected chi connectivity index (χ0v) is 11.5. The zero-order valence-electron chi connectivity index (χ0n) is 11.5. The average molecular weight is 277 g/mol. The molecule has 5 nitrogen and oxygen atoms in total. The third kappa shape index (κ3) is 3.50. The summed E-state index contributed by atoms with van der Waals surface area (Å²) in [6.07, 6.45) is 1.34. The van der Waals surface area contributed by atoms with Crippen LogP contribution in [-0.4, -0.2) is 41.1 Å². The first-order valence-corrected chi connectivity index (χ1v) is 6.78. The molecule has 0 radical (unpaired) electrons. The van der Waals surface area contributed by atoms with Gasteiger partial charge in [0, 0.05) is 12.6 Å². The molecular formula is C15H19NO4. The fourth-order valence-electron chi connectivity index (χ4n) is 2.40. The van der Waals surface area contributed by atoms with Crippen molar-refractivity contribution in [2.24, 2.45) is 5.92 Å². The first kappa shape index (κ1) is 14.4. The van der Waals surface area contributed by atoms with E-state index in [0.717, 1.165) is 0 Å². The van der Waals surface area contributed by atoms with Crippen LogP contribution in [0, 0.1) is 5.92 Å². The second kappa shape index (κ2) is 6.41. The smallest absolute Gasteiger partial charge is 0.308 e. The number of hydrogen-bond acceptors (Lipinski definition) is 3. The number of carbonyl (C=O) groups is 2. The second-order valence-electron chi connectivity index (χ2n) is 5.11. The number of carboxylic acid groups (broad SMARTS) is 1. The van der Waals surface area contributed by atoms with Crippen LogP contribution in [-0.2, 0) is 9.59 Å². The number of piperidine rings is 1. The number of ether oxygens (including phenoxy) is 1. The van der Waals surface area contributed by atoms with Crippen molar-refractivity contribution in [1.82, 2.24) is 4.90 Å². The lowest BCUT2D eigenvalue weighted by atomic mass is 9.93. The Morgan fingerprint density at radius 1 is 1.30 bits per heavy atom. The lowest BCUT2D eigenvalue weighted by molar-refractivity contribution is -0.147. The Morgan fingerprint density at radius 2 is 2.00 bits per heavy atom. The van der Waals surface area contributed by atoms with Gasteiger partial charge in [-0.2, -0.15) is 0 Å². The van der Waals surface area contributed by atoms with Gasteiger partial charge in [-0.1, -0.05) is 18.2 Å². The molecule has 1 aliphatic heterocycles. The Kier molecular flexibility index (Phi) is 4.61. The van der Waals surface area contributed by atoms with Gasteiger partial charge in [0.05, 0.1) is 5.92 Å². The maximum Gasteiger partial charge on any atom is 0.308 e. The van der Waals surface area contributed by atoms with Crippen LogP contribution in [0.5, 0.6) is 5.75 Å². The first-order chi connectivity index (χ1) is 9.58. The summed E-state index contributed by atoms with van der Waals surface area (Å²) in [5.41, 5.74) is 0. The topological polar surface area (TPSA) is 66.8 Å². The minimum absolute atomic E-state index is 0.0549. The molecule has 20 heavy (non-hydrogen) atoms. The van der Waals surface area contributed by atoms with E-state index in [2.05, 4.69) is 0 Å². The van der Waals surface area contributed by atoms with Crippen molar-refractivity contribution in [3.8, 4) is 5.75 Å². The number of rotatable bonds is 4. The molecule has 0 aliphatic carbocycles. The predicted molar refractivity (Wildman–Crippen MR) is 73.5 cm³/mol. The van der Waals surface area contributed by atoms with Crippen LogP contribution >= 0.6 is 0 Å². The second-order valence-corrected chi connectivity index (χ2v) is 5.11. The number of para-hydroxylation sites is 1. The summed E-state index contributed by atoms with van der Waals surface area (Å²) in [5, 5.41) is 9.06. The van der Waals surface area contributed by atoms with Crippen LogP contribution in [0.4, 0.5) is 0 Å². The minimum Gasteiger partial charge on any atom is -0.484 e. The summed E-state index contributed by atoms with van der Waals surface area (Å²) >= 11 is 0. The van der Waals surface area contributed by atoms with Gasteiger partial charge in [0.25, 0.3) is 5.91 Å². The standard InChI is InChI=1S/C15H19NO4/c1-11-7-8-12(15(18)19)9-16(11)14(17)10-20-13-5-3-2-4-6-13/h2-6,11-12H,7-10H2,1H3,(H,18,19). The monoisotopic (exact) mass is 277 g/mol. The molecular weight excluding hydrogens is 258 g/mol. The zero-order chi connectivity index (χ0) is 14.5. The Hall–Kier alpha value is -2.04. The van der Waals surface area contributed by atoms with E-state index in [-0.39, 0.29) is 25.1 Å². The van der Waals surface area contributed by atoms with Gasteiger partial charge in [0.2, 0.25) is 0 Å². The molecule has 1 aromatic rings. The molecule has 1 amide bonds. The van der Waals surface area contributed by atoms with E-state index in [0.29, 0.717) is 18.6 Å². The molecule has 1 aliphatic rings. The van der Waals surface area contributed by atoms with Crippen molar-refractivity contribution in [2.75, 3.05) is 13.2 Å². The number of amides is 1. The van der Waals surface area contributed by atoms with Crippen molar-refractivity contribution in [3.05, 3.63) is 30.3 Å². The van der Waals surface area contributed by atoms with Crippen LogP contribution in [0.15, 0.2) is 30.3 Å². The van der Waals surface area contributed by atoms with Gasteiger partial charge in [-0.3, -0.25) is 9.59 Å². The van der Waals surface area contributed by atoms with Gasteiger partial charge in [-0.15, -0.1) is 0 Å². The van der Waals surface area contributed by atoms with E-state index >= 15 is 0 Å². The molecule has 0 bridgehead atoms. The highest BCUT2D eigenvalue weighted by molar-refractivity contribution is 5.79. The summed E-state index contributed by atoms with van der Waals surface area (Å²) in [6.45, 7) is 2.16. The molecule has 0 spiro atoms. The minimum atomic E-state index is -0.835. The predicted octanol–water partition coefficient (Wildman–Crippen LogP) is 1.78. The molecule has 5 heteroatoms. The molecule has 2 unspecified atom stereocenters. The summed E-state index contributed by atoms with van der Waals surface area (Å²) < 4.78 is 5.43. The number of carboxylic acids is 1. The van der Waals surface area contributed by atoms with Gasteiger partial charge in [0.1, 0.15) is 5.75 Å². The van der Waals surface area contributed by atoms with Crippen molar-refractivity contribution in [2.45, 2.75) is 25.8 Å². The first-order valence-electron chi connectivity index (χ1n) is 6.78. The third-order valence-electron chi connectivity index (χ3n) is 3.66. The fraction of sp³-hybridized carbons (Fsp3) is 0.467. The molecule has 0 aromatic heterocycles. The molecule has 1 N–H and O–H groups in total. The summed E-state index contributed by atoms with van der Waals surface area (Å²) in [6, 6.07) is 9.18. The van der Waals surface area contributed by atoms with Gasteiger partial charge in [-0.25, -0.2) is 0 Å². The van der Waals surface area contributed by atoms with E-state index in [4.69, 9.17) is 9.84 Å². The van der Waals surface area contributed by atoms with Crippen LogP contribution in [0.3, 0.4) is 0 Å². The Balaban J connectivity index is 1.91. The lowest BCUT2D eigenvalue weighted by Crippen LogP contribution is -2.49. The van der Waals surface area contributed by atoms with Crippen LogP contribution in [0.25, 0.3) is 0 Å². The largest absolute Gasteiger partial charge is 0.484 e. The maximum atomic E-state index is 12.2. The Morgan fingerprint density at radius 3 is 2.65 bits per heavy atom. The lowest BCUT2D eigenvalue weighted by Gasteiger charge is -2.36.